The Kier molecular flexibility index (Phi) is 6.24. The van der Waals surface area contributed by atoms with Gasteiger partial charge in [-0.05, 0) is 68.6 Å². The maximum absolute atomic E-state index is 4.09. The largest absolute Gasteiger partial charge is 0.361 e. The molecule has 1 aliphatic rings. The predicted octanol–water partition coefficient (Wildman–Crippen LogP) is 5.38. The summed E-state index contributed by atoms with van der Waals surface area (Å²) in [5, 5.41) is 8.49. The highest BCUT2D eigenvalue weighted by Crippen LogP contribution is 2.23. The van der Waals surface area contributed by atoms with Gasteiger partial charge in [0.25, 0.3) is 0 Å². The van der Waals surface area contributed by atoms with Gasteiger partial charge >= 0.3 is 0 Å². The van der Waals surface area contributed by atoms with Crippen LogP contribution in [0.1, 0.15) is 17.7 Å². The van der Waals surface area contributed by atoms with E-state index in [1.807, 2.05) is 30.5 Å². The van der Waals surface area contributed by atoms with Crippen LogP contribution in [0.2, 0.25) is 0 Å². The number of H-pyrrole nitrogens is 1. The summed E-state index contributed by atoms with van der Waals surface area (Å²) in [4.78, 5) is 3.44. The van der Waals surface area contributed by atoms with E-state index in [4.69, 9.17) is 0 Å². The second-order valence-electron chi connectivity index (χ2n) is 6.08. The summed E-state index contributed by atoms with van der Waals surface area (Å²) in [6.45, 7) is 8.15. The number of fused-ring (bicyclic) bond motifs is 3. The SMILES string of the molecule is C=c1ccccsccc2ccccc2c2c([nH]ccc1=C)C=CCC2. The number of allylic oxidation sites excluding steroid dienone is 1. The molecule has 0 fully saturated rings. The number of nitrogens with one attached hydrogen (secondary N) is 1. The number of rotatable bonds is 0. The van der Waals surface area contributed by atoms with Crippen LogP contribution in [0.15, 0.2) is 77.6 Å². The lowest BCUT2D eigenvalue weighted by atomic mass is 9.97. The molecule has 0 saturated heterocycles. The Bertz CT molecular complexity index is 1080. The zero-order valence-electron chi connectivity index (χ0n) is 14.8. The number of hydrogen-bond donors (Lipinski definition) is 1. The van der Waals surface area contributed by atoms with E-state index in [0.29, 0.717) is 0 Å². The lowest BCUT2D eigenvalue weighted by molar-refractivity contribution is 0.981. The van der Waals surface area contributed by atoms with Gasteiger partial charge in [-0.25, -0.2) is 0 Å². The van der Waals surface area contributed by atoms with Crippen LogP contribution in [0.3, 0.4) is 0 Å². The standard InChI is InChI=1S/C24H23NS/c1-19-9-7-8-17-26-18-15-21-10-3-4-11-22(21)23-12-5-6-13-24(23)25-16-14-20(19)2/h3-4,6-11,13-18,25H,1-2,5,12H2. The lowest BCUT2D eigenvalue weighted by Gasteiger charge is -2.10. The highest BCUT2D eigenvalue weighted by molar-refractivity contribution is 7.07. The molecule has 0 atom stereocenters. The van der Waals surface area contributed by atoms with Crippen molar-refractivity contribution >= 4 is 41.3 Å². The minimum absolute atomic E-state index is 0.893. The van der Waals surface area contributed by atoms with Gasteiger partial charge in [-0.3, -0.25) is 0 Å². The Balaban J connectivity index is 2.40. The quantitative estimate of drug-likeness (QED) is 0.651. The molecule has 1 N–H and O–H groups in total. The van der Waals surface area contributed by atoms with E-state index in [9.17, 15) is 0 Å². The molecule has 1 aliphatic carbocycles. The summed E-state index contributed by atoms with van der Waals surface area (Å²) >= 11 is 1.66. The van der Waals surface area contributed by atoms with Crippen LogP contribution in [0.5, 0.6) is 0 Å². The number of hydrogen-bond acceptors (Lipinski definition) is 1. The Hall–Kier alpha value is -2.84. The van der Waals surface area contributed by atoms with Crippen LogP contribution in [0.25, 0.3) is 30.0 Å². The predicted molar refractivity (Wildman–Crippen MR) is 117 cm³/mol. The fraction of sp³-hybridized carbons (Fsp3) is 0.0833. The second kappa shape index (κ2) is 9.02. The third-order valence-electron chi connectivity index (χ3n) is 4.28. The van der Waals surface area contributed by atoms with Gasteiger partial charge in [-0.1, -0.05) is 61.7 Å². The van der Waals surface area contributed by atoms with Crippen molar-refractivity contribution < 1.29 is 0 Å². The third-order valence-corrected chi connectivity index (χ3v) is 4.89. The molecule has 1 aromatic heterocycles. The van der Waals surface area contributed by atoms with E-state index in [1.54, 1.807) is 11.3 Å². The van der Waals surface area contributed by atoms with Crippen molar-refractivity contribution in [3.8, 4) is 0 Å². The minimum Gasteiger partial charge on any atom is -0.361 e. The third kappa shape index (κ3) is 4.62. The van der Waals surface area contributed by atoms with Crippen LogP contribution >= 0.6 is 11.3 Å². The Morgan fingerprint density at radius 1 is 0.846 bits per heavy atom. The average Bonchev–Trinajstić information content (AvgIpc) is 2.67. The molecule has 0 radical (unpaired) electrons. The van der Waals surface area contributed by atoms with Crippen molar-refractivity contribution in [3.63, 3.8) is 0 Å². The van der Waals surface area contributed by atoms with Crippen molar-refractivity contribution in [2.75, 3.05) is 0 Å². The molecule has 130 valence electrons. The molecule has 0 bridgehead atoms. The summed E-state index contributed by atoms with van der Waals surface area (Å²) in [7, 11) is 0. The molecule has 0 unspecified atom stereocenters. The maximum Gasteiger partial charge on any atom is 0.0415 e. The van der Waals surface area contributed by atoms with E-state index in [-0.39, 0.29) is 0 Å². The summed E-state index contributed by atoms with van der Waals surface area (Å²) in [6, 6.07) is 18.7. The summed E-state index contributed by atoms with van der Waals surface area (Å²) in [5.41, 5.74) is 2.48. The molecule has 1 nitrogen and oxygen atoms in total. The van der Waals surface area contributed by atoms with Gasteiger partial charge in [0.15, 0.2) is 0 Å². The van der Waals surface area contributed by atoms with Crippen LogP contribution in [-0.2, 0) is 6.42 Å². The molecule has 26 heavy (non-hydrogen) atoms. The van der Waals surface area contributed by atoms with Crippen molar-refractivity contribution in [2.45, 2.75) is 12.8 Å². The normalized spacial score (nSPS) is 11.7. The van der Waals surface area contributed by atoms with Gasteiger partial charge in [0.2, 0.25) is 0 Å². The zero-order chi connectivity index (χ0) is 18.2. The first-order valence-electron chi connectivity index (χ1n) is 8.71. The smallest absolute Gasteiger partial charge is 0.0415 e. The first-order chi connectivity index (χ1) is 12.8. The molecular weight excluding hydrogens is 334 g/mol. The van der Waals surface area contributed by atoms with E-state index >= 15 is 0 Å². The van der Waals surface area contributed by atoms with Crippen molar-refractivity contribution in [3.05, 3.63) is 99.3 Å². The van der Waals surface area contributed by atoms with Crippen LogP contribution in [-0.4, -0.2) is 4.98 Å². The van der Waals surface area contributed by atoms with Gasteiger partial charge in [0, 0.05) is 11.9 Å². The zero-order valence-corrected chi connectivity index (χ0v) is 15.6. The van der Waals surface area contributed by atoms with Crippen LogP contribution < -0.4 is 10.4 Å². The Morgan fingerprint density at radius 2 is 1.65 bits per heavy atom. The molecule has 0 amide bonds. The van der Waals surface area contributed by atoms with Gasteiger partial charge in [0.1, 0.15) is 0 Å². The van der Waals surface area contributed by atoms with Gasteiger partial charge in [-0.15, -0.1) is 0 Å². The number of aryl methyl sites for hydroxylation is 1. The van der Waals surface area contributed by atoms with Gasteiger partial charge in [0.05, 0.1) is 0 Å². The molecule has 2 aromatic rings. The minimum atomic E-state index is 0.893. The monoisotopic (exact) mass is 357 g/mol. The number of aromatic nitrogens is 1. The molecule has 2 heteroatoms. The van der Waals surface area contributed by atoms with Gasteiger partial charge < -0.3 is 4.98 Å². The first kappa shape index (κ1) is 18.0. The van der Waals surface area contributed by atoms with E-state index in [2.05, 4.69) is 71.4 Å². The number of aromatic amines is 1. The van der Waals surface area contributed by atoms with E-state index < -0.39 is 0 Å². The van der Waals surface area contributed by atoms with E-state index in [0.717, 1.165) is 29.0 Å². The first-order valence-corrected chi connectivity index (χ1v) is 9.65. The summed E-state index contributed by atoms with van der Waals surface area (Å²) in [5.74, 6) is 0. The molecule has 0 saturated carbocycles. The molecule has 1 heterocycles. The fourth-order valence-corrected chi connectivity index (χ4v) is 3.36. The topological polar surface area (TPSA) is 15.8 Å². The Labute approximate surface area is 158 Å². The van der Waals surface area contributed by atoms with Crippen LogP contribution in [0, 0.1) is 0 Å². The van der Waals surface area contributed by atoms with Crippen molar-refractivity contribution in [2.24, 2.45) is 0 Å². The van der Waals surface area contributed by atoms with Gasteiger partial charge in [-0.2, -0.15) is 11.3 Å². The van der Waals surface area contributed by atoms with Crippen molar-refractivity contribution in [1.29, 1.82) is 0 Å². The molecule has 1 aromatic carbocycles. The molecule has 0 aliphatic heterocycles. The van der Waals surface area contributed by atoms with E-state index in [1.165, 1.54) is 16.3 Å². The fourth-order valence-electron chi connectivity index (χ4n) is 2.86. The van der Waals surface area contributed by atoms with Crippen LogP contribution in [0.4, 0.5) is 0 Å². The highest BCUT2D eigenvalue weighted by atomic mass is 32.1. The highest BCUT2D eigenvalue weighted by Gasteiger charge is 2.05. The second-order valence-corrected chi connectivity index (χ2v) is 6.89. The lowest BCUT2D eigenvalue weighted by Crippen LogP contribution is -2.17. The summed E-state index contributed by atoms with van der Waals surface area (Å²) in [6.07, 6.45) is 8.42. The molecule has 3 rings (SSSR count). The summed E-state index contributed by atoms with van der Waals surface area (Å²) < 4.78 is 0. The Morgan fingerprint density at radius 3 is 2.58 bits per heavy atom. The maximum atomic E-state index is 4.09. The molecular formula is C24H23NS. The number of benzene rings is 1. The average molecular weight is 358 g/mol. The van der Waals surface area contributed by atoms with Crippen molar-refractivity contribution in [1.82, 2.24) is 4.98 Å². The molecule has 0 spiro atoms.